The summed E-state index contributed by atoms with van der Waals surface area (Å²) in [7, 11) is -7.85. The van der Waals surface area contributed by atoms with Crippen LogP contribution in [0.25, 0.3) is 0 Å². The summed E-state index contributed by atoms with van der Waals surface area (Å²) in [4.78, 5) is 0.538. The lowest BCUT2D eigenvalue weighted by molar-refractivity contribution is 0.569. The summed E-state index contributed by atoms with van der Waals surface area (Å²) in [5.74, 6) is -0.512. The zero-order valence-corrected chi connectivity index (χ0v) is 18.2. The van der Waals surface area contributed by atoms with Crippen LogP contribution in [-0.2, 0) is 19.9 Å². The Labute approximate surface area is 174 Å². The van der Waals surface area contributed by atoms with E-state index in [4.69, 9.17) is 0 Å². The third-order valence-electron chi connectivity index (χ3n) is 4.48. The zero-order chi connectivity index (χ0) is 21.2. The smallest absolute Gasteiger partial charge is 0.223 e. The molecule has 2 aromatic carbocycles. The van der Waals surface area contributed by atoms with Crippen LogP contribution in [-0.4, -0.2) is 23.4 Å². The molecule has 0 aliphatic carbocycles. The molecule has 0 saturated carbocycles. The molecule has 0 unspecified atom stereocenters. The Kier molecular flexibility index (Phi) is 6.23. The first-order valence-corrected chi connectivity index (χ1v) is 12.6. The molecule has 0 saturated heterocycles. The van der Waals surface area contributed by atoms with E-state index >= 15 is 0 Å². The van der Waals surface area contributed by atoms with E-state index in [2.05, 4.69) is 4.72 Å². The number of nitrogens with one attached hydrogen (secondary N) is 1. The number of hydrogen-bond donors (Lipinski definition) is 1. The standard InChI is InChI=1S/C20H20FNO4S3/c1-14-5-7-16(8-6-14)28(23,24)20(19-4-3-11-27-19)13-22-29(25,26)17-9-10-18(21)15(2)12-17/h3-12,20,22H,13H2,1-2H3/t20-/m0/s1. The Bertz CT molecular complexity index is 1200. The van der Waals surface area contributed by atoms with Crippen LogP contribution in [0.1, 0.15) is 21.3 Å². The number of aryl methyl sites for hydroxylation is 2. The lowest BCUT2D eigenvalue weighted by Crippen LogP contribution is -2.31. The normalized spacial score (nSPS) is 13.3. The highest BCUT2D eigenvalue weighted by Crippen LogP contribution is 2.32. The first-order valence-electron chi connectivity index (χ1n) is 8.71. The molecular formula is C20H20FNO4S3. The number of hydrogen-bond acceptors (Lipinski definition) is 5. The van der Waals surface area contributed by atoms with Crippen LogP contribution >= 0.6 is 11.3 Å². The summed E-state index contributed by atoms with van der Waals surface area (Å²) < 4.78 is 67.6. The molecule has 3 rings (SSSR count). The van der Waals surface area contributed by atoms with Gasteiger partial charge in [0.25, 0.3) is 0 Å². The molecule has 154 valence electrons. The van der Waals surface area contributed by atoms with Crippen LogP contribution in [0.15, 0.2) is 69.8 Å². The predicted octanol–water partition coefficient (Wildman–Crippen LogP) is 4.00. The minimum absolute atomic E-state index is 0.117. The summed E-state index contributed by atoms with van der Waals surface area (Å²) >= 11 is 1.24. The van der Waals surface area contributed by atoms with Gasteiger partial charge in [0.05, 0.1) is 9.79 Å². The van der Waals surface area contributed by atoms with Crippen molar-refractivity contribution < 1.29 is 21.2 Å². The molecule has 3 aromatic rings. The number of sulfonamides is 1. The van der Waals surface area contributed by atoms with Gasteiger partial charge in [0.15, 0.2) is 9.84 Å². The molecule has 0 aliphatic heterocycles. The number of halogens is 1. The predicted molar refractivity (Wildman–Crippen MR) is 112 cm³/mol. The molecule has 0 radical (unpaired) electrons. The van der Waals surface area contributed by atoms with Gasteiger partial charge in [-0.25, -0.2) is 25.9 Å². The molecule has 0 amide bonds. The van der Waals surface area contributed by atoms with Gasteiger partial charge in [-0.15, -0.1) is 11.3 Å². The number of rotatable bonds is 7. The SMILES string of the molecule is Cc1ccc(S(=O)(=O)[C@@H](CNS(=O)(=O)c2ccc(F)c(C)c2)c2cccs2)cc1. The molecule has 0 aliphatic rings. The summed E-state index contributed by atoms with van der Waals surface area (Å²) in [6, 6.07) is 13.3. The lowest BCUT2D eigenvalue weighted by atomic mass is 10.2. The van der Waals surface area contributed by atoms with Crippen molar-refractivity contribution in [3.63, 3.8) is 0 Å². The minimum Gasteiger partial charge on any atom is -0.223 e. The second kappa shape index (κ2) is 8.35. The van der Waals surface area contributed by atoms with E-state index < -0.39 is 30.9 Å². The Morgan fingerprint density at radius 1 is 0.966 bits per heavy atom. The van der Waals surface area contributed by atoms with Crippen molar-refractivity contribution >= 4 is 31.2 Å². The van der Waals surface area contributed by atoms with Gasteiger partial charge in [-0.1, -0.05) is 23.8 Å². The van der Waals surface area contributed by atoms with Gasteiger partial charge >= 0.3 is 0 Å². The molecule has 1 atom stereocenters. The van der Waals surface area contributed by atoms with E-state index in [0.29, 0.717) is 4.88 Å². The van der Waals surface area contributed by atoms with Crippen molar-refractivity contribution in [1.29, 1.82) is 0 Å². The molecule has 0 fully saturated rings. The molecule has 9 heteroatoms. The number of thiophene rings is 1. The van der Waals surface area contributed by atoms with E-state index in [1.165, 1.54) is 36.5 Å². The van der Waals surface area contributed by atoms with Gasteiger partial charge in [0.2, 0.25) is 10.0 Å². The van der Waals surface area contributed by atoms with Crippen molar-refractivity contribution in [2.45, 2.75) is 28.9 Å². The average molecular weight is 454 g/mol. The maximum atomic E-state index is 13.5. The summed E-state index contributed by atoms with van der Waals surface area (Å²) in [6.45, 7) is 2.98. The quantitative estimate of drug-likeness (QED) is 0.586. The molecule has 1 N–H and O–H groups in total. The van der Waals surface area contributed by atoms with E-state index in [-0.39, 0.29) is 21.9 Å². The van der Waals surface area contributed by atoms with Gasteiger partial charge in [0, 0.05) is 11.4 Å². The molecule has 0 bridgehead atoms. The van der Waals surface area contributed by atoms with E-state index in [0.717, 1.165) is 17.7 Å². The summed E-state index contributed by atoms with van der Waals surface area (Å²) in [5.41, 5.74) is 1.11. The Hall–Kier alpha value is -2.07. The number of sulfone groups is 1. The Morgan fingerprint density at radius 3 is 2.21 bits per heavy atom. The topological polar surface area (TPSA) is 80.3 Å². The van der Waals surface area contributed by atoms with Gasteiger partial charge < -0.3 is 0 Å². The highest BCUT2D eigenvalue weighted by molar-refractivity contribution is 7.92. The van der Waals surface area contributed by atoms with Gasteiger partial charge in [-0.3, -0.25) is 0 Å². The van der Waals surface area contributed by atoms with Crippen molar-refractivity contribution in [3.05, 3.63) is 81.8 Å². The van der Waals surface area contributed by atoms with Crippen molar-refractivity contribution in [2.24, 2.45) is 0 Å². The fourth-order valence-corrected chi connectivity index (χ4v) is 6.80. The van der Waals surface area contributed by atoms with E-state index in [9.17, 15) is 21.2 Å². The van der Waals surface area contributed by atoms with Gasteiger partial charge in [0.1, 0.15) is 11.1 Å². The van der Waals surface area contributed by atoms with E-state index in [1.54, 1.807) is 29.6 Å². The first-order chi connectivity index (χ1) is 13.6. The van der Waals surface area contributed by atoms with Crippen molar-refractivity contribution in [2.75, 3.05) is 6.54 Å². The number of benzene rings is 2. The van der Waals surface area contributed by atoms with Crippen LogP contribution in [0, 0.1) is 19.7 Å². The largest absolute Gasteiger partial charge is 0.240 e. The highest BCUT2D eigenvalue weighted by atomic mass is 32.2. The second-order valence-electron chi connectivity index (χ2n) is 6.63. The molecule has 29 heavy (non-hydrogen) atoms. The maximum absolute atomic E-state index is 13.5. The minimum atomic E-state index is -4.01. The summed E-state index contributed by atoms with van der Waals surface area (Å²) in [6.07, 6.45) is 0. The molecule has 1 aromatic heterocycles. The van der Waals surface area contributed by atoms with Crippen LogP contribution in [0.3, 0.4) is 0 Å². The van der Waals surface area contributed by atoms with Gasteiger partial charge in [-0.2, -0.15) is 0 Å². The lowest BCUT2D eigenvalue weighted by Gasteiger charge is -2.18. The van der Waals surface area contributed by atoms with Crippen LogP contribution < -0.4 is 4.72 Å². The fourth-order valence-electron chi connectivity index (χ4n) is 2.78. The van der Waals surface area contributed by atoms with Gasteiger partial charge in [-0.05, 0) is 61.2 Å². The second-order valence-corrected chi connectivity index (χ2v) is 11.5. The molecule has 0 spiro atoms. The Morgan fingerprint density at radius 2 is 1.62 bits per heavy atom. The molecule has 5 nitrogen and oxygen atoms in total. The fraction of sp³-hybridized carbons (Fsp3) is 0.200. The van der Waals surface area contributed by atoms with Crippen LogP contribution in [0.4, 0.5) is 4.39 Å². The Balaban J connectivity index is 1.93. The maximum Gasteiger partial charge on any atom is 0.240 e. The molecule has 1 heterocycles. The highest BCUT2D eigenvalue weighted by Gasteiger charge is 2.31. The van der Waals surface area contributed by atoms with Crippen LogP contribution in [0.5, 0.6) is 0 Å². The van der Waals surface area contributed by atoms with Crippen molar-refractivity contribution in [1.82, 2.24) is 4.72 Å². The van der Waals surface area contributed by atoms with Crippen molar-refractivity contribution in [3.8, 4) is 0 Å². The summed E-state index contributed by atoms with van der Waals surface area (Å²) in [5, 5.41) is 0.659. The third-order valence-corrected chi connectivity index (χ3v) is 9.14. The zero-order valence-electron chi connectivity index (χ0n) is 15.8. The van der Waals surface area contributed by atoms with E-state index in [1.807, 2.05) is 6.92 Å². The monoisotopic (exact) mass is 453 g/mol. The first kappa shape index (κ1) is 21.6. The third kappa shape index (κ3) is 4.75. The molecular weight excluding hydrogens is 433 g/mol. The average Bonchev–Trinajstić information content (AvgIpc) is 3.18. The van der Waals surface area contributed by atoms with Crippen LogP contribution in [0.2, 0.25) is 0 Å².